The fraction of sp³-hybridized carbons (Fsp3) is 0.318. The fourth-order valence-electron chi connectivity index (χ4n) is 3.83. The van der Waals surface area contributed by atoms with Crippen molar-refractivity contribution >= 4 is 29.1 Å². The van der Waals surface area contributed by atoms with E-state index in [4.69, 9.17) is 4.74 Å². The predicted octanol–water partition coefficient (Wildman–Crippen LogP) is 2.92. The monoisotopic (exact) mass is 393 g/mol. The second-order valence-electron chi connectivity index (χ2n) is 7.18. The number of imide groups is 1. The Morgan fingerprint density at radius 1 is 1.03 bits per heavy atom. The fourth-order valence-corrected chi connectivity index (χ4v) is 3.83. The second-order valence-corrected chi connectivity index (χ2v) is 7.18. The molecule has 0 bridgehead atoms. The van der Waals surface area contributed by atoms with Crippen LogP contribution in [-0.4, -0.2) is 49.4 Å². The van der Waals surface area contributed by atoms with Crippen LogP contribution in [0.5, 0.6) is 5.75 Å². The highest BCUT2D eigenvalue weighted by Crippen LogP contribution is 2.31. The second kappa shape index (κ2) is 7.95. The number of carbonyl (C=O) groups is 3. The number of hydrogen-bond acceptors (Lipinski definition) is 5. The van der Waals surface area contributed by atoms with Gasteiger partial charge in [-0.2, -0.15) is 0 Å². The van der Waals surface area contributed by atoms with Crippen LogP contribution in [0.1, 0.15) is 40.0 Å². The number of anilines is 2. The van der Waals surface area contributed by atoms with E-state index in [0.29, 0.717) is 22.6 Å². The van der Waals surface area contributed by atoms with Crippen molar-refractivity contribution in [2.75, 3.05) is 37.0 Å². The van der Waals surface area contributed by atoms with Gasteiger partial charge in [-0.05, 0) is 43.2 Å². The third kappa shape index (κ3) is 3.68. The van der Waals surface area contributed by atoms with Gasteiger partial charge in [0.05, 0.1) is 23.9 Å². The maximum Gasteiger partial charge on any atom is 0.261 e. The Hall–Kier alpha value is -3.35. The lowest BCUT2D eigenvalue weighted by molar-refractivity contribution is -0.116. The number of nitrogens with zero attached hydrogens (tertiary/aromatic N) is 2. The average molecular weight is 393 g/mol. The molecule has 2 aliphatic heterocycles. The van der Waals surface area contributed by atoms with Gasteiger partial charge < -0.3 is 15.0 Å². The van der Waals surface area contributed by atoms with Crippen LogP contribution in [0.2, 0.25) is 0 Å². The highest BCUT2D eigenvalue weighted by Gasteiger charge is 2.35. The number of ether oxygens (including phenoxy) is 1. The van der Waals surface area contributed by atoms with Crippen molar-refractivity contribution in [1.82, 2.24) is 4.90 Å². The zero-order valence-corrected chi connectivity index (χ0v) is 16.3. The Morgan fingerprint density at radius 2 is 1.69 bits per heavy atom. The molecule has 0 spiro atoms. The van der Waals surface area contributed by atoms with Crippen molar-refractivity contribution in [2.24, 2.45) is 0 Å². The van der Waals surface area contributed by atoms with Gasteiger partial charge in [-0.3, -0.25) is 19.3 Å². The first-order valence-electron chi connectivity index (χ1n) is 9.76. The SMILES string of the molecule is COc1ccc(N2CCCC2)cc1NC(=O)CCN1C(=O)c2ccccc2C1=O. The van der Waals surface area contributed by atoms with Gasteiger partial charge in [0.25, 0.3) is 11.8 Å². The van der Waals surface area contributed by atoms with E-state index in [1.165, 1.54) is 0 Å². The lowest BCUT2D eigenvalue weighted by Gasteiger charge is -2.20. The molecule has 2 aromatic carbocycles. The van der Waals surface area contributed by atoms with E-state index in [9.17, 15) is 14.4 Å². The quantitative estimate of drug-likeness (QED) is 0.764. The molecule has 0 atom stereocenters. The Bertz CT molecular complexity index is 931. The molecule has 29 heavy (non-hydrogen) atoms. The van der Waals surface area contributed by atoms with Crippen molar-refractivity contribution in [3.63, 3.8) is 0 Å². The molecule has 0 unspecified atom stereocenters. The molecule has 1 saturated heterocycles. The van der Waals surface area contributed by atoms with E-state index in [1.807, 2.05) is 18.2 Å². The summed E-state index contributed by atoms with van der Waals surface area (Å²) in [5.74, 6) is -0.417. The van der Waals surface area contributed by atoms with E-state index < -0.39 is 0 Å². The van der Waals surface area contributed by atoms with E-state index in [1.54, 1.807) is 31.4 Å². The minimum Gasteiger partial charge on any atom is -0.495 e. The number of hydrogen-bond donors (Lipinski definition) is 1. The van der Waals surface area contributed by atoms with Crippen LogP contribution in [0.3, 0.4) is 0 Å². The van der Waals surface area contributed by atoms with Gasteiger partial charge in [-0.15, -0.1) is 0 Å². The molecule has 2 aromatic rings. The van der Waals surface area contributed by atoms with Crippen LogP contribution in [0.15, 0.2) is 42.5 Å². The minimum atomic E-state index is -0.355. The predicted molar refractivity (Wildman–Crippen MR) is 109 cm³/mol. The Balaban J connectivity index is 1.42. The number of benzene rings is 2. The van der Waals surface area contributed by atoms with Gasteiger partial charge in [0.2, 0.25) is 5.91 Å². The van der Waals surface area contributed by atoms with Crippen LogP contribution in [0.25, 0.3) is 0 Å². The summed E-state index contributed by atoms with van der Waals surface area (Å²) < 4.78 is 5.37. The molecule has 0 aromatic heterocycles. The molecular weight excluding hydrogens is 370 g/mol. The van der Waals surface area contributed by atoms with Gasteiger partial charge in [0, 0.05) is 31.7 Å². The molecule has 0 saturated carbocycles. The van der Waals surface area contributed by atoms with Crippen molar-refractivity contribution < 1.29 is 19.1 Å². The topological polar surface area (TPSA) is 79.0 Å². The van der Waals surface area contributed by atoms with Gasteiger partial charge in [-0.1, -0.05) is 12.1 Å². The molecule has 4 rings (SSSR count). The number of carbonyl (C=O) groups excluding carboxylic acids is 3. The number of nitrogens with one attached hydrogen (secondary N) is 1. The summed E-state index contributed by atoms with van der Waals surface area (Å²) in [4.78, 5) is 40.8. The van der Waals surface area contributed by atoms with Crippen LogP contribution >= 0.6 is 0 Å². The molecule has 7 heteroatoms. The molecule has 2 aliphatic rings. The average Bonchev–Trinajstić information content (AvgIpc) is 3.35. The summed E-state index contributed by atoms with van der Waals surface area (Å²) >= 11 is 0. The summed E-state index contributed by atoms with van der Waals surface area (Å²) in [5, 5.41) is 2.86. The zero-order valence-electron chi connectivity index (χ0n) is 16.3. The molecule has 0 aliphatic carbocycles. The van der Waals surface area contributed by atoms with Crippen LogP contribution in [0, 0.1) is 0 Å². The van der Waals surface area contributed by atoms with Gasteiger partial charge in [0.1, 0.15) is 5.75 Å². The molecule has 150 valence electrons. The summed E-state index contributed by atoms with van der Waals surface area (Å²) in [6, 6.07) is 12.4. The van der Waals surface area contributed by atoms with Gasteiger partial charge in [0.15, 0.2) is 0 Å². The summed E-state index contributed by atoms with van der Waals surface area (Å²) in [6.07, 6.45) is 2.34. The van der Waals surface area contributed by atoms with Crippen molar-refractivity contribution in [1.29, 1.82) is 0 Å². The Morgan fingerprint density at radius 3 is 2.31 bits per heavy atom. The molecule has 7 nitrogen and oxygen atoms in total. The summed E-state index contributed by atoms with van der Waals surface area (Å²) in [5.41, 5.74) is 2.40. The standard InChI is InChI=1S/C22H23N3O4/c1-29-19-9-8-15(24-11-4-5-12-24)14-18(19)23-20(26)10-13-25-21(27)16-6-2-3-7-17(16)22(25)28/h2-3,6-9,14H,4-5,10-13H2,1H3,(H,23,26). The number of methoxy groups -OCH3 is 1. The van der Waals surface area contributed by atoms with Crippen LogP contribution < -0.4 is 15.0 Å². The normalized spacial score (nSPS) is 15.6. The smallest absolute Gasteiger partial charge is 0.261 e. The molecule has 3 amide bonds. The first-order chi connectivity index (χ1) is 14.1. The molecule has 1 N–H and O–H groups in total. The largest absolute Gasteiger partial charge is 0.495 e. The highest BCUT2D eigenvalue weighted by molar-refractivity contribution is 6.21. The van der Waals surface area contributed by atoms with Crippen LogP contribution in [-0.2, 0) is 4.79 Å². The lowest BCUT2D eigenvalue weighted by Crippen LogP contribution is -2.32. The zero-order chi connectivity index (χ0) is 20.4. The minimum absolute atomic E-state index is 0.0164. The van der Waals surface area contributed by atoms with Crippen molar-refractivity contribution in [3.8, 4) is 5.75 Å². The van der Waals surface area contributed by atoms with Gasteiger partial charge >= 0.3 is 0 Å². The third-order valence-corrected chi connectivity index (χ3v) is 5.37. The summed E-state index contributed by atoms with van der Waals surface area (Å²) in [6.45, 7) is 2.03. The maximum atomic E-state index is 12.5. The number of amides is 3. The molecule has 1 fully saturated rings. The highest BCUT2D eigenvalue weighted by atomic mass is 16.5. The Labute approximate surface area is 169 Å². The van der Waals surface area contributed by atoms with Crippen molar-refractivity contribution in [3.05, 3.63) is 53.6 Å². The maximum absolute atomic E-state index is 12.5. The number of rotatable bonds is 6. The van der Waals surface area contributed by atoms with E-state index in [-0.39, 0.29) is 30.7 Å². The van der Waals surface area contributed by atoms with Crippen LogP contribution in [0.4, 0.5) is 11.4 Å². The van der Waals surface area contributed by atoms with E-state index >= 15 is 0 Å². The molecule has 2 heterocycles. The molecular formula is C22H23N3O4. The third-order valence-electron chi connectivity index (χ3n) is 5.37. The Kier molecular flexibility index (Phi) is 5.20. The number of fused-ring (bicyclic) bond motifs is 1. The van der Waals surface area contributed by atoms with Gasteiger partial charge in [-0.25, -0.2) is 0 Å². The van der Waals surface area contributed by atoms with E-state index in [0.717, 1.165) is 36.5 Å². The molecule has 0 radical (unpaired) electrons. The first-order valence-corrected chi connectivity index (χ1v) is 9.76. The summed E-state index contributed by atoms with van der Waals surface area (Å²) in [7, 11) is 1.55. The lowest BCUT2D eigenvalue weighted by atomic mass is 10.1. The van der Waals surface area contributed by atoms with Crippen molar-refractivity contribution in [2.45, 2.75) is 19.3 Å². The first kappa shape index (κ1) is 19.0. The van der Waals surface area contributed by atoms with E-state index in [2.05, 4.69) is 10.2 Å².